The van der Waals surface area contributed by atoms with E-state index in [9.17, 15) is 9.90 Å². The number of allylic oxidation sites excluding steroid dienone is 2. The molecule has 45 heavy (non-hydrogen) atoms. The first-order chi connectivity index (χ1) is 21.3. The molecule has 0 aliphatic heterocycles. The van der Waals surface area contributed by atoms with Crippen LogP contribution in [0.3, 0.4) is 0 Å². The zero-order valence-electron chi connectivity index (χ0n) is 26.9. The molecule has 2 heterocycles. The van der Waals surface area contributed by atoms with Gasteiger partial charge in [0.15, 0.2) is 5.78 Å². The van der Waals surface area contributed by atoms with Crippen molar-refractivity contribution >= 4 is 49.4 Å². The molecule has 0 aliphatic carbocycles. The molecule has 2 aromatic heterocycles. The van der Waals surface area contributed by atoms with E-state index in [-0.39, 0.29) is 43.5 Å². The average molecular weight is 778 g/mol. The number of aliphatic hydroxyl groups is 1. The van der Waals surface area contributed by atoms with Crippen LogP contribution in [-0.4, -0.2) is 20.9 Å². The number of fused-ring (bicyclic) bond motifs is 6. The molecule has 0 saturated carbocycles. The predicted molar refractivity (Wildman–Crippen MR) is 182 cm³/mol. The van der Waals surface area contributed by atoms with Crippen LogP contribution >= 0.6 is 0 Å². The van der Waals surface area contributed by atoms with Gasteiger partial charge in [-0.3, -0.25) is 9.78 Å². The van der Waals surface area contributed by atoms with Crippen molar-refractivity contribution in [2.75, 3.05) is 0 Å². The van der Waals surface area contributed by atoms with Crippen molar-refractivity contribution in [1.29, 1.82) is 0 Å². The number of aryl methyl sites for hydroxylation is 2. The SMILES string of the molecule is CCC(CC)C(=O)/C=C(\O)C(CC)CC.Cc1cc(C)c2ccc3c4ncnc(-c5[c-]cc6ccccc6c5)c4oc3c2c1.[Ir]. The normalized spacial score (nSPS) is 11.8. The molecule has 0 atom stereocenters. The molecule has 6 rings (SSSR count). The summed E-state index contributed by atoms with van der Waals surface area (Å²) in [5, 5.41) is 15.4. The number of ketones is 1. The maximum Gasteiger partial charge on any atom is 0.162 e. The summed E-state index contributed by atoms with van der Waals surface area (Å²) in [5.41, 5.74) is 6.56. The van der Waals surface area contributed by atoms with E-state index < -0.39 is 0 Å². The summed E-state index contributed by atoms with van der Waals surface area (Å²) in [6.45, 7) is 12.3. The zero-order chi connectivity index (χ0) is 31.4. The number of aromatic nitrogens is 2. The molecule has 1 radical (unpaired) electrons. The minimum Gasteiger partial charge on any atom is -0.512 e. The Labute approximate surface area is 279 Å². The fourth-order valence-electron chi connectivity index (χ4n) is 6.07. The second-order valence-electron chi connectivity index (χ2n) is 11.6. The average Bonchev–Trinajstić information content (AvgIpc) is 3.42. The van der Waals surface area contributed by atoms with Gasteiger partial charge in [-0.1, -0.05) is 75.0 Å². The van der Waals surface area contributed by atoms with E-state index >= 15 is 0 Å². The third-order valence-electron chi connectivity index (χ3n) is 8.72. The van der Waals surface area contributed by atoms with Gasteiger partial charge in [0.25, 0.3) is 0 Å². The third-order valence-corrected chi connectivity index (χ3v) is 8.72. The van der Waals surface area contributed by atoms with E-state index in [0.717, 1.165) is 69.6 Å². The molecule has 6 heteroatoms. The van der Waals surface area contributed by atoms with E-state index in [1.54, 1.807) is 6.33 Å². The van der Waals surface area contributed by atoms with Gasteiger partial charge in [-0.15, -0.1) is 29.1 Å². The van der Waals surface area contributed by atoms with E-state index in [1.807, 2.05) is 45.9 Å². The van der Waals surface area contributed by atoms with E-state index in [0.29, 0.717) is 5.58 Å². The first-order valence-corrected chi connectivity index (χ1v) is 15.7. The smallest absolute Gasteiger partial charge is 0.162 e. The molecule has 0 aliphatic rings. The first kappa shape index (κ1) is 34.0. The van der Waals surface area contributed by atoms with E-state index in [2.05, 4.69) is 72.3 Å². The number of hydrogen-bond acceptors (Lipinski definition) is 5. The maximum atomic E-state index is 11.7. The van der Waals surface area contributed by atoms with Crippen LogP contribution in [0.2, 0.25) is 0 Å². The summed E-state index contributed by atoms with van der Waals surface area (Å²) >= 11 is 0. The first-order valence-electron chi connectivity index (χ1n) is 15.7. The molecular weight excluding hydrogens is 737 g/mol. The summed E-state index contributed by atoms with van der Waals surface area (Å²) in [5.74, 6) is 0.547. The molecular formula is C39H41IrN2O3-. The van der Waals surface area contributed by atoms with Gasteiger partial charge in [-0.2, -0.15) is 0 Å². The van der Waals surface area contributed by atoms with Crippen molar-refractivity contribution < 1.29 is 34.4 Å². The number of furan rings is 1. The standard InChI is InChI=1S/C26H17N2O.C13H24O2.Ir/c1-15-11-16(2)20-9-10-21-24-26(29-25(21)22(20)12-15)23(27-14-28-24)19-8-7-17-5-3-4-6-18(17)13-19;1-5-10(6-2)12(14)9-13(15)11(7-3)8-4;/h3-7,9-14H,1-2H3;9-11,14H,5-8H2,1-4H3;/q-1;;/b;12-9-;. The molecule has 1 N–H and O–H groups in total. The van der Waals surface area contributed by atoms with Crippen molar-refractivity contribution in [3.8, 4) is 11.3 Å². The zero-order valence-corrected chi connectivity index (χ0v) is 29.3. The Kier molecular flexibility index (Phi) is 11.3. The Morgan fingerprint density at radius 1 is 0.844 bits per heavy atom. The van der Waals surface area contributed by atoms with Gasteiger partial charge in [0, 0.05) is 54.5 Å². The quantitative estimate of drug-likeness (QED) is 0.0946. The number of rotatable bonds is 8. The summed E-state index contributed by atoms with van der Waals surface area (Å²) < 4.78 is 6.43. The van der Waals surface area contributed by atoms with Crippen LogP contribution in [0, 0.1) is 31.7 Å². The van der Waals surface area contributed by atoms with Crippen LogP contribution in [0.1, 0.15) is 64.5 Å². The summed E-state index contributed by atoms with van der Waals surface area (Å²) in [6.07, 6.45) is 6.52. The summed E-state index contributed by atoms with van der Waals surface area (Å²) in [6, 6.07) is 24.4. The topological polar surface area (TPSA) is 76.2 Å². The number of carbonyl (C=O) groups is 1. The molecule has 0 fully saturated rings. The van der Waals surface area contributed by atoms with Gasteiger partial charge < -0.3 is 9.52 Å². The van der Waals surface area contributed by atoms with Crippen molar-refractivity contribution in [1.82, 2.24) is 9.97 Å². The molecule has 0 bridgehead atoms. The molecule has 5 nitrogen and oxygen atoms in total. The van der Waals surface area contributed by atoms with Crippen LogP contribution in [0.4, 0.5) is 0 Å². The molecule has 0 spiro atoms. The second kappa shape index (κ2) is 14.9. The van der Waals surface area contributed by atoms with E-state index in [1.165, 1.54) is 22.6 Å². The van der Waals surface area contributed by atoms with Crippen molar-refractivity contribution in [2.24, 2.45) is 11.8 Å². The molecule has 235 valence electrons. The maximum absolute atomic E-state index is 11.7. The van der Waals surface area contributed by atoms with Gasteiger partial charge >= 0.3 is 0 Å². The second-order valence-corrected chi connectivity index (χ2v) is 11.6. The fourth-order valence-corrected chi connectivity index (χ4v) is 6.07. The summed E-state index contributed by atoms with van der Waals surface area (Å²) in [4.78, 5) is 20.8. The Morgan fingerprint density at radius 2 is 1.51 bits per heavy atom. The molecule has 6 aromatic rings. The van der Waals surface area contributed by atoms with Gasteiger partial charge in [-0.25, -0.2) is 4.98 Å². The Bertz CT molecular complexity index is 1980. The Morgan fingerprint density at radius 3 is 2.20 bits per heavy atom. The van der Waals surface area contributed by atoms with Crippen LogP contribution in [0.5, 0.6) is 0 Å². The minimum absolute atomic E-state index is 0. The number of nitrogens with zero attached hydrogens (tertiary/aromatic N) is 2. The van der Waals surface area contributed by atoms with Crippen molar-refractivity contribution in [2.45, 2.75) is 67.2 Å². The monoisotopic (exact) mass is 778 g/mol. The molecule has 0 unspecified atom stereocenters. The van der Waals surface area contributed by atoms with Crippen molar-refractivity contribution in [3.05, 3.63) is 96.0 Å². The largest absolute Gasteiger partial charge is 0.512 e. The third kappa shape index (κ3) is 7.03. The van der Waals surface area contributed by atoms with Gasteiger partial charge in [0.1, 0.15) is 23.0 Å². The van der Waals surface area contributed by atoms with E-state index in [4.69, 9.17) is 4.42 Å². The Hall–Kier alpha value is -3.86. The number of hydrogen-bond donors (Lipinski definition) is 1. The van der Waals surface area contributed by atoms with Crippen molar-refractivity contribution in [3.63, 3.8) is 0 Å². The number of benzene rings is 4. The van der Waals surface area contributed by atoms with Gasteiger partial charge in [0.05, 0.1) is 5.76 Å². The van der Waals surface area contributed by atoms with Crippen LogP contribution in [0.25, 0.3) is 54.9 Å². The summed E-state index contributed by atoms with van der Waals surface area (Å²) in [7, 11) is 0. The van der Waals surface area contributed by atoms with Gasteiger partial charge in [-0.05, 0) is 62.6 Å². The predicted octanol–water partition coefficient (Wildman–Crippen LogP) is 10.6. The van der Waals surface area contributed by atoms with Gasteiger partial charge in [0.2, 0.25) is 0 Å². The van der Waals surface area contributed by atoms with Crippen LogP contribution < -0.4 is 0 Å². The number of carbonyl (C=O) groups excluding carboxylic acids is 1. The molecule has 0 saturated heterocycles. The number of aliphatic hydroxyl groups excluding tert-OH is 1. The fraction of sp³-hybridized carbons (Fsp3) is 0.308. The van der Waals surface area contributed by atoms with Crippen LogP contribution in [-0.2, 0) is 24.9 Å². The minimum atomic E-state index is 0. The molecule has 4 aromatic carbocycles. The molecule has 0 amide bonds. The Balaban J connectivity index is 0.000000249. The van der Waals surface area contributed by atoms with Crippen LogP contribution in [0.15, 0.2) is 83.2 Å².